The Kier molecular flexibility index (Phi) is 6.29. The highest BCUT2D eigenvalue weighted by Gasteiger charge is 2.45. The Balaban J connectivity index is 1.84. The molecule has 1 unspecified atom stereocenters. The number of aliphatic hydroxyl groups is 1. The van der Waals surface area contributed by atoms with Gasteiger partial charge in [0.2, 0.25) is 5.78 Å². The fraction of sp³-hybridized carbons (Fsp3) is 0.200. The predicted octanol–water partition coefficient (Wildman–Crippen LogP) is 5.66. The van der Waals surface area contributed by atoms with Gasteiger partial charge >= 0.3 is 0 Å². The molecule has 1 atom stereocenters. The van der Waals surface area contributed by atoms with Gasteiger partial charge in [-0.25, -0.2) is 8.78 Å². The molecule has 1 N–H and O–H groups in total. The molecule has 0 aliphatic carbocycles. The van der Waals surface area contributed by atoms with E-state index in [0.29, 0.717) is 10.4 Å². The Morgan fingerprint density at radius 2 is 1.76 bits per heavy atom. The highest BCUT2D eigenvalue weighted by Crippen LogP contribution is 2.42. The first kappa shape index (κ1) is 22.7. The van der Waals surface area contributed by atoms with Crippen LogP contribution in [-0.2, 0) is 4.79 Å². The molecule has 5 nitrogen and oxygen atoms in total. The van der Waals surface area contributed by atoms with E-state index in [-0.39, 0.29) is 11.3 Å². The maximum Gasteiger partial charge on any atom is 0.294 e. The lowest BCUT2D eigenvalue weighted by molar-refractivity contribution is -0.117. The van der Waals surface area contributed by atoms with Crippen molar-refractivity contribution in [2.24, 2.45) is 0 Å². The van der Waals surface area contributed by atoms with E-state index in [0.717, 1.165) is 35.8 Å². The number of hydrogen-bond acceptors (Lipinski definition) is 5. The smallest absolute Gasteiger partial charge is 0.294 e. The fourth-order valence-corrected chi connectivity index (χ4v) is 4.73. The molecule has 8 heteroatoms. The summed E-state index contributed by atoms with van der Waals surface area (Å²) in [5, 5.41) is 12.5. The molecule has 0 saturated heterocycles. The highest BCUT2D eigenvalue weighted by molar-refractivity contribution is 7.12. The van der Waals surface area contributed by atoms with Crippen molar-refractivity contribution in [1.82, 2.24) is 0 Å². The summed E-state index contributed by atoms with van der Waals surface area (Å²) in [7, 11) is 0. The number of Topliss-reactive ketones (excluding diaryl/α,β-unsaturated/α-hetero) is 1. The van der Waals surface area contributed by atoms with Gasteiger partial charge in [0.1, 0.15) is 0 Å². The summed E-state index contributed by atoms with van der Waals surface area (Å²) >= 11 is 1.19. The third-order valence-electron chi connectivity index (χ3n) is 5.72. The Morgan fingerprint density at radius 1 is 1.06 bits per heavy atom. The van der Waals surface area contributed by atoms with Gasteiger partial charge in [0.25, 0.3) is 5.91 Å². The van der Waals surface area contributed by atoms with Gasteiger partial charge in [-0.15, -0.1) is 11.3 Å². The predicted molar refractivity (Wildman–Crippen MR) is 125 cm³/mol. The van der Waals surface area contributed by atoms with Gasteiger partial charge in [0.05, 0.1) is 16.5 Å². The zero-order chi connectivity index (χ0) is 23.7. The molecule has 0 fully saturated rings. The lowest BCUT2D eigenvalue weighted by Gasteiger charge is -2.28. The van der Waals surface area contributed by atoms with Crippen LogP contribution < -0.4 is 9.80 Å². The van der Waals surface area contributed by atoms with Crippen LogP contribution in [0.2, 0.25) is 0 Å². The fourth-order valence-electron chi connectivity index (χ4n) is 4.05. The first-order valence-electron chi connectivity index (χ1n) is 10.5. The molecule has 0 radical (unpaired) electrons. The number of amides is 1. The third-order valence-corrected chi connectivity index (χ3v) is 6.59. The minimum Gasteiger partial charge on any atom is -0.503 e. The third kappa shape index (κ3) is 4.02. The molecule has 2 aromatic carbocycles. The first-order chi connectivity index (χ1) is 15.9. The minimum absolute atomic E-state index is 0.0391. The van der Waals surface area contributed by atoms with E-state index >= 15 is 0 Å². The zero-order valence-corrected chi connectivity index (χ0v) is 18.9. The molecular formula is C25H22F2N2O3S. The molecule has 0 saturated carbocycles. The number of carbonyl (C=O) groups excluding carboxylic acids is 2. The van der Waals surface area contributed by atoms with Crippen molar-refractivity contribution >= 4 is 34.4 Å². The SMILES string of the molecule is CCN(CC)c1ccc(C2C(C(=O)c3cccs3)=C(O)C(=O)N2c2ccc(F)c(F)c2)cc1. The van der Waals surface area contributed by atoms with Crippen LogP contribution in [0.3, 0.4) is 0 Å². The molecule has 0 bridgehead atoms. The summed E-state index contributed by atoms with van der Waals surface area (Å²) in [6.45, 7) is 5.69. The first-order valence-corrected chi connectivity index (χ1v) is 11.4. The normalized spacial score (nSPS) is 15.9. The Labute approximate surface area is 194 Å². The highest BCUT2D eigenvalue weighted by atomic mass is 32.1. The summed E-state index contributed by atoms with van der Waals surface area (Å²) in [4.78, 5) is 30.0. The van der Waals surface area contributed by atoms with E-state index in [2.05, 4.69) is 4.90 Å². The van der Waals surface area contributed by atoms with E-state index in [1.807, 2.05) is 26.0 Å². The van der Waals surface area contributed by atoms with E-state index in [9.17, 15) is 23.5 Å². The second kappa shape index (κ2) is 9.15. The van der Waals surface area contributed by atoms with Crippen LogP contribution >= 0.6 is 11.3 Å². The second-order valence-corrected chi connectivity index (χ2v) is 8.46. The number of thiophene rings is 1. The average molecular weight is 469 g/mol. The van der Waals surface area contributed by atoms with E-state index in [1.54, 1.807) is 29.6 Å². The summed E-state index contributed by atoms with van der Waals surface area (Å²) in [6, 6.07) is 12.7. The number of ketones is 1. The molecular weight excluding hydrogens is 446 g/mol. The molecule has 0 spiro atoms. The number of halogens is 2. The summed E-state index contributed by atoms with van der Waals surface area (Å²) in [6.07, 6.45) is 0. The lowest BCUT2D eigenvalue weighted by Crippen LogP contribution is -2.31. The van der Waals surface area contributed by atoms with E-state index < -0.39 is 35.1 Å². The van der Waals surface area contributed by atoms with Gasteiger partial charge in [0, 0.05) is 30.5 Å². The van der Waals surface area contributed by atoms with Crippen molar-refractivity contribution in [3.05, 3.63) is 93.4 Å². The Morgan fingerprint density at radius 3 is 2.33 bits per heavy atom. The monoisotopic (exact) mass is 468 g/mol. The summed E-state index contributed by atoms with van der Waals surface area (Å²) in [5.41, 5.74) is 1.47. The van der Waals surface area contributed by atoms with Crippen LogP contribution in [0.5, 0.6) is 0 Å². The van der Waals surface area contributed by atoms with Crippen molar-refractivity contribution in [1.29, 1.82) is 0 Å². The minimum atomic E-state index is -1.13. The molecule has 1 aliphatic heterocycles. The number of benzene rings is 2. The topological polar surface area (TPSA) is 60.9 Å². The number of anilines is 2. The van der Waals surface area contributed by atoms with Gasteiger partial charge < -0.3 is 10.0 Å². The second-order valence-electron chi connectivity index (χ2n) is 7.51. The molecule has 1 amide bonds. The lowest BCUT2D eigenvalue weighted by atomic mass is 9.95. The average Bonchev–Trinajstić information content (AvgIpc) is 3.44. The van der Waals surface area contributed by atoms with Gasteiger partial charge in [-0.3, -0.25) is 14.5 Å². The number of nitrogens with zero attached hydrogens (tertiary/aromatic N) is 2. The zero-order valence-electron chi connectivity index (χ0n) is 18.1. The molecule has 170 valence electrons. The maximum atomic E-state index is 14.0. The molecule has 3 aromatic rings. The molecule has 2 heterocycles. The summed E-state index contributed by atoms with van der Waals surface area (Å²) in [5.74, 6) is -4.22. The van der Waals surface area contributed by atoms with Gasteiger partial charge in [0.15, 0.2) is 17.4 Å². The molecule has 1 aliphatic rings. The van der Waals surface area contributed by atoms with Crippen molar-refractivity contribution in [2.45, 2.75) is 19.9 Å². The quantitative estimate of drug-likeness (QED) is 0.455. The molecule has 33 heavy (non-hydrogen) atoms. The Hall–Kier alpha value is -3.52. The van der Waals surface area contributed by atoms with Gasteiger partial charge in [-0.2, -0.15) is 0 Å². The van der Waals surface area contributed by atoms with Crippen LogP contribution in [0, 0.1) is 11.6 Å². The summed E-state index contributed by atoms with van der Waals surface area (Å²) < 4.78 is 27.6. The van der Waals surface area contributed by atoms with Crippen molar-refractivity contribution < 1.29 is 23.5 Å². The molecule has 1 aromatic heterocycles. The van der Waals surface area contributed by atoms with Crippen LogP contribution in [0.1, 0.15) is 35.1 Å². The van der Waals surface area contributed by atoms with Crippen LogP contribution in [-0.4, -0.2) is 29.9 Å². The van der Waals surface area contributed by atoms with Crippen molar-refractivity contribution in [3.63, 3.8) is 0 Å². The van der Waals surface area contributed by atoms with Crippen LogP contribution in [0.25, 0.3) is 0 Å². The van der Waals surface area contributed by atoms with Crippen LogP contribution in [0.4, 0.5) is 20.2 Å². The van der Waals surface area contributed by atoms with Crippen LogP contribution in [0.15, 0.2) is 71.3 Å². The number of carbonyl (C=O) groups is 2. The van der Waals surface area contributed by atoms with Gasteiger partial charge in [-0.1, -0.05) is 18.2 Å². The standard InChI is InChI=1S/C25H22F2N2O3S/c1-3-28(4-2)16-9-7-15(8-10-16)22-21(23(30)20-6-5-13-33-20)24(31)25(32)29(22)17-11-12-18(26)19(27)14-17/h5-14,22,31H,3-4H2,1-2H3. The van der Waals surface area contributed by atoms with E-state index in [4.69, 9.17) is 0 Å². The number of hydrogen-bond donors (Lipinski definition) is 1. The number of rotatable bonds is 7. The largest absolute Gasteiger partial charge is 0.503 e. The maximum absolute atomic E-state index is 14.0. The van der Waals surface area contributed by atoms with Gasteiger partial charge in [-0.05, 0) is 55.1 Å². The van der Waals surface area contributed by atoms with Crippen molar-refractivity contribution in [2.75, 3.05) is 22.9 Å². The molecule has 4 rings (SSSR count). The van der Waals surface area contributed by atoms with E-state index in [1.165, 1.54) is 17.4 Å². The number of aliphatic hydroxyl groups excluding tert-OH is 1. The Bertz CT molecular complexity index is 1220. The van der Waals surface area contributed by atoms with Crippen molar-refractivity contribution in [3.8, 4) is 0 Å².